The molecule has 0 saturated heterocycles. The quantitative estimate of drug-likeness (QED) is 0.716. The molecule has 1 aliphatic heterocycles. The highest BCUT2D eigenvalue weighted by Gasteiger charge is 2.26. The molecule has 0 bridgehead atoms. The summed E-state index contributed by atoms with van der Waals surface area (Å²) >= 11 is 0. The number of nitrogens with zero attached hydrogens (tertiary/aromatic N) is 1. The second-order valence-corrected chi connectivity index (χ2v) is 9.27. The van der Waals surface area contributed by atoms with Crippen molar-refractivity contribution in [1.82, 2.24) is 4.31 Å². The number of carbonyl (C=O) groups excluding carboxylic acids is 1. The zero-order valence-corrected chi connectivity index (χ0v) is 17.8. The van der Waals surface area contributed by atoms with Gasteiger partial charge in [0.05, 0.1) is 18.8 Å². The van der Waals surface area contributed by atoms with Gasteiger partial charge in [0.2, 0.25) is 15.9 Å². The minimum absolute atomic E-state index is 0.111. The van der Waals surface area contributed by atoms with Crippen molar-refractivity contribution in [1.29, 1.82) is 0 Å². The Labute approximate surface area is 172 Å². The molecule has 29 heavy (non-hydrogen) atoms. The average molecular weight is 417 g/mol. The van der Waals surface area contributed by atoms with Crippen molar-refractivity contribution in [3.8, 4) is 5.75 Å². The topological polar surface area (TPSA) is 75.7 Å². The Morgan fingerprint density at radius 2 is 1.86 bits per heavy atom. The lowest BCUT2D eigenvalue weighted by molar-refractivity contribution is -0.115. The molecule has 0 aliphatic carbocycles. The number of hydrogen-bond donors (Lipinski definition) is 1. The van der Waals surface area contributed by atoms with Crippen LogP contribution >= 0.6 is 0 Å². The molecule has 0 unspecified atom stereocenters. The maximum absolute atomic E-state index is 12.4. The zero-order chi connectivity index (χ0) is 20.9. The first-order valence-electron chi connectivity index (χ1n) is 10.0. The van der Waals surface area contributed by atoms with Gasteiger partial charge in [-0.05, 0) is 60.7 Å². The summed E-state index contributed by atoms with van der Waals surface area (Å²) in [6.45, 7) is 5.28. The number of benzene rings is 2. The van der Waals surface area contributed by atoms with Crippen molar-refractivity contribution in [3.05, 3.63) is 59.2 Å². The van der Waals surface area contributed by atoms with Gasteiger partial charge in [-0.2, -0.15) is 4.31 Å². The molecule has 7 heteroatoms. The van der Waals surface area contributed by atoms with Crippen LogP contribution in [0.5, 0.6) is 5.75 Å². The fourth-order valence-corrected chi connectivity index (χ4v) is 4.97. The van der Waals surface area contributed by atoms with Crippen LogP contribution in [0, 0.1) is 0 Å². The number of amides is 1. The Balaban J connectivity index is 1.64. The normalized spacial score (nSPS) is 14.3. The third kappa shape index (κ3) is 5.58. The molecular formula is C22H28N2O4S. The monoisotopic (exact) mass is 416 g/mol. The number of hydrogen-bond acceptors (Lipinski definition) is 4. The summed E-state index contributed by atoms with van der Waals surface area (Å²) in [5, 5.41) is 2.92. The molecule has 156 valence electrons. The van der Waals surface area contributed by atoms with Gasteiger partial charge in [-0.15, -0.1) is 0 Å². The summed E-state index contributed by atoms with van der Waals surface area (Å²) in [6.07, 6.45) is 1.56. The van der Waals surface area contributed by atoms with E-state index in [4.69, 9.17) is 4.74 Å². The first-order chi connectivity index (χ1) is 13.9. The smallest absolute Gasteiger partial charge is 0.228 e. The molecule has 0 radical (unpaired) electrons. The second kappa shape index (κ2) is 9.41. The number of nitrogens with one attached hydrogen (secondary N) is 1. The molecule has 0 saturated carbocycles. The Morgan fingerprint density at radius 1 is 1.10 bits per heavy atom. The van der Waals surface area contributed by atoms with Crippen LogP contribution in [0.4, 0.5) is 5.69 Å². The van der Waals surface area contributed by atoms with Crippen molar-refractivity contribution < 1.29 is 17.9 Å². The lowest BCUT2D eigenvalue weighted by Crippen LogP contribution is -2.37. The Bertz CT molecular complexity index is 955. The standard InChI is InChI=1S/C22H28N2O4S/c1-3-13-29(26,27)24-12-11-18-7-8-20(15-19(18)16-24)23-22(25)14-17-5-9-21(10-6-17)28-4-2/h5-10,15H,3-4,11-14,16H2,1-2H3,(H,23,25). The fraction of sp³-hybridized carbons (Fsp3) is 0.409. The molecule has 1 amide bonds. The van der Waals surface area contributed by atoms with Gasteiger partial charge in [0.25, 0.3) is 0 Å². The molecule has 3 rings (SSSR count). The van der Waals surface area contributed by atoms with E-state index in [1.807, 2.05) is 56.3 Å². The largest absolute Gasteiger partial charge is 0.494 e. The molecular weight excluding hydrogens is 388 g/mol. The summed E-state index contributed by atoms with van der Waals surface area (Å²) in [5.74, 6) is 0.843. The summed E-state index contributed by atoms with van der Waals surface area (Å²) in [7, 11) is -3.22. The van der Waals surface area contributed by atoms with E-state index in [0.717, 1.165) is 22.4 Å². The van der Waals surface area contributed by atoms with Crippen LogP contribution in [-0.4, -0.2) is 37.5 Å². The number of ether oxygens (including phenoxy) is 1. The van der Waals surface area contributed by atoms with Gasteiger partial charge < -0.3 is 10.1 Å². The van der Waals surface area contributed by atoms with Crippen molar-refractivity contribution in [3.63, 3.8) is 0 Å². The van der Waals surface area contributed by atoms with Crippen LogP contribution in [-0.2, 0) is 34.2 Å². The number of carbonyl (C=O) groups is 1. The average Bonchev–Trinajstić information content (AvgIpc) is 2.69. The molecule has 0 spiro atoms. The summed E-state index contributed by atoms with van der Waals surface area (Å²) in [5.41, 5.74) is 3.68. The van der Waals surface area contributed by atoms with Crippen LogP contribution < -0.4 is 10.1 Å². The van der Waals surface area contributed by atoms with Crippen LogP contribution in [0.25, 0.3) is 0 Å². The third-order valence-corrected chi connectivity index (χ3v) is 6.94. The van der Waals surface area contributed by atoms with E-state index in [0.29, 0.717) is 38.2 Å². The Kier molecular flexibility index (Phi) is 6.92. The summed E-state index contributed by atoms with van der Waals surface area (Å²) in [4.78, 5) is 12.4. The SMILES string of the molecule is CCCS(=O)(=O)N1CCc2ccc(NC(=O)Cc3ccc(OCC)cc3)cc2C1. The Hall–Kier alpha value is -2.38. The van der Waals surface area contributed by atoms with Gasteiger partial charge >= 0.3 is 0 Å². The van der Waals surface area contributed by atoms with Crippen LogP contribution in [0.1, 0.15) is 37.0 Å². The molecule has 2 aromatic carbocycles. The van der Waals surface area contributed by atoms with Crippen molar-refractivity contribution >= 4 is 21.6 Å². The van der Waals surface area contributed by atoms with Crippen LogP contribution in [0.15, 0.2) is 42.5 Å². The number of fused-ring (bicyclic) bond motifs is 1. The number of rotatable bonds is 8. The van der Waals surface area contributed by atoms with E-state index in [1.54, 1.807) is 4.31 Å². The highest BCUT2D eigenvalue weighted by atomic mass is 32.2. The lowest BCUT2D eigenvalue weighted by atomic mass is 10.0. The molecule has 6 nitrogen and oxygen atoms in total. The molecule has 1 N–H and O–H groups in total. The molecule has 2 aromatic rings. The molecule has 1 heterocycles. The van der Waals surface area contributed by atoms with Crippen molar-refractivity contribution in [2.45, 2.75) is 39.7 Å². The van der Waals surface area contributed by atoms with Crippen LogP contribution in [0.2, 0.25) is 0 Å². The maximum atomic E-state index is 12.4. The van der Waals surface area contributed by atoms with E-state index >= 15 is 0 Å². The van der Waals surface area contributed by atoms with E-state index in [1.165, 1.54) is 0 Å². The van der Waals surface area contributed by atoms with Crippen molar-refractivity contribution in [2.24, 2.45) is 0 Å². The predicted molar refractivity (Wildman–Crippen MR) is 115 cm³/mol. The number of sulfonamides is 1. The highest BCUT2D eigenvalue weighted by molar-refractivity contribution is 7.89. The highest BCUT2D eigenvalue weighted by Crippen LogP contribution is 2.25. The fourth-order valence-electron chi connectivity index (χ4n) is 3.49. The van der Waals surface area contributed by atoms with Gasteiger partial charge in [0, 0.05) is 18.8 Å². The van der Waals surface area contributed by atoms with Gasteiger partial charge in [-0.25, -0.2) is 8.42 Å². The second-order valence-electron chi connectivity index (χ2n) is 7.18. The van der Waals surface area contributed by atoms with E-state index in [9.17, 15) is 13.2 Å². The summed E-state index contributed by atoms with van der Waals surface area (Å²) in [6, 6.07) is 13.2. The number of anilines is 1. The minimum atomic E-state index is -3.22. The van der Waals surface area contributed by atoms with E-state index < -0.39 is 10.0 Å². The predicted octanol–water partition coefficient (Wildman–Crippen LogP) is 3.36. The Morgan fingerprint density at radius 3 is 2.55 bits per heavy atom. The van der Waals surface area contributed by atoms with Crippen LogP contribution in [0.3, 0.4) is 0 Å². The maximum Gasteiger partial charge on any atom is 0.228 e. The van der Waals surface area contributed by atoms with Gasteiger partial charge in [0.1, 0.15) is 5.75 Å². The molecule has 0 aromatic heterocycles. The molecule has 1 aliphatic rings. The molecule has 0 atom stereocenters. The summed E-state index contributed by atoms with van der Waals surface area (Å²) < 4.78 is 31.7. The van der Waals surface area contributed by atoms with Gasteiger partial charge in [0.15, 0.2) is 0 Å². The minimum Gasteiger partial charge on any atom is -0.494 e. The van der Waals surface area contributed by atoms with E-state index in [2.05, 4.69) is 5.32 Å². The first kappa shape index (κ1) is 21.3. The first-order valence-corrected chi connectivity index (χ1v) is 11.6. The third-order valence-electron chi connectivity index (χ3n) is 4.92. The molecule has 0 fully saturated rings. The van der Waals surface area contributed by atoms with E-state index in [-0.39, 0.29) is 18.1 Å². The van der Waals surface area contributed by atoms with Gasteiger partial charge in [-0.3, -0.25) is 4.79 Å². The zero-order valence-electron chi connectivity index (χ0n) is 17.0. The van der Waals surface area contributed by atoms with Crippen molar-refractivity contribution in [2.75, 3.05) is 24.2 Å². The van der Waals surface area contributed by atoms with Gasteiger partial charge in [-0.1, -0.05) is 25.1 Å². The lowest BCUT2D eigenvalue weighted by Gasteiger charge is -2.28.